The summed E-state index contributed by atoms with van der Waals surface area (Å²) < 4.78 is 5.27. The van der Waals surface area contributed by atoms with Crippen molar-refractivity contribution in [1.29, 1.82) is 0 Å². The maximum Gasteiger partial charge on any atom is 0.0621 e. The van der Waals surface area contributed by atoms with Crippen LogP contribution in [0, 0.1) is 0 Å². The van der Waals surface area contributed by atoms with Gasteiger partial charge in [-0.05, 0) is 20.4 Å². The van der Waals surface area contributed by atoms with Crippen molar-refractivity contribution in [3.05, 3.63) is 0 Å². The van der Waals surface area contributed by atoms with Crippen LogP contribution >= 0.6 is 0 Å². The van der Waals surface area contributed by atoms with E-state index in [4.69, 9.17) is 15.6 Å². The van der Waals surface area contributed by atoms with Crippen molar-refractivity contribution in [1.82, 2.24) is 4.90 Å². The zero-order valence-electron chi connectivity index (χ0n) is 9.62. The van der Waals surface area contributed by atoms with Gasteiger partial charge in [0.05, 0.1) is 13.2 Å². The first-order valence-electron chi connectivity index (χ1n) is 5.25. The van der Waals surface area contributed by atoms with Gasteiger partial charge < -0.3 is 15.6 Å². The van der Waals surface area contributed by atoms with Gasteiger partial charge in [0, 0.05) is 25.2 Å². The van der Waals surface area contributed by atoms with Crippen molar-refractivity contribution >= 4 is 0 Å². The Labute approximate surface area is 87.0 Å². The molecule has 0 radical (unpaired) electrons. The minimum absolute atomic E-state index is 0.0120. The van der Waals surface area contributed by atoms with Crippen LogP contribution in [0.5, 0.6) is 0 Å². The van der Waals surface area contributed by atoms with E-state index in [1.165, 1.54) is 0 Å². The molecule has 0 aliphatic carbocycles. The molecular formula is C10H24N2O2. The normalized spacial score (nSPS) is 15.9. The van der Waals surface area contributed by atoms with Gasteiger partial charge in [-0.3, -0.25) is 4.90 Å². The molecule has 0 saturated carbocycles. The summed E-state index contributed by atoms with van der Waals surface area (Å²) in [7, 11) is 0. The fraction of sp³-hybridized carbons (Fsp3) is 1.00. The van der Waals surface area contributed by atoms with Crippen LogP contribution in [0.15, 0.2) is 0 Å². The Kier molecular flexibility index (Phi) is 7.09. The topological polar surface area (TPSA) is 58.7 Å². The van der Waals surface area contributed by atoms with Gasteiger partial charge in [0.25, 0.3) is 0 Å². The molecular weight excluding hydrogens is 180 g/mol. The van der Waals surface area contributed by atoms with Gasteiger partial charge in [0.2, 0.25) is 0 Å². The highest BCUT2D eigenvalue weighted by molar-refractivity contribution is 4.81. The molecule has 0 fully saturated rings. The van der Waals surface area contributed by atoms with E-state index in [-0.39, 0.29) is 6.61 Å². The molecule has 3 N–H and O–H groups in total. The first-order chi connectivity index (χ1) is 6.55. The Morgan fingerprint density at radius 2 is 2.07 bits per heavy atom. The van der Waals surface area contributed by atoms with E-state index in [0.717, 1.165) is 26.3 Å². The van der Waals surface area contributed by atoms with E-state index in [9.17, 15) is 0 Å². The lowest BCUT2D eigenvalue weighted by atomic mass is 10.1. The van der Waals surface area contributed by atoms with Crippen LogP contribution in [0.1, 0.15) is 20.8 Å². The Balaban J connectivity index is 3.78. The molecule has 0 aliphatic rings. The van der Waals surface area contributed by atoms with E-state index >= 15 is 0 Å². The molecule has 4 heteroatoms. The zero-order chi connectivity index (χ0) is 11.0. The lowest BCUT2D eigenvalue weighted by Crippen LogP contribution is -2.51. The van der Waals surface area contributed by atoms with Gasteiger partial charge in [-0.1, -0.05) is 6.92 Å². The van der Waals surface area contributed by atoms with Gasteiger partial charge in [0.1, 0.15) is 0 Å². The predicted octanol–water partition coefficient (Wildman–Crippen LogP) is 0.0545. The molecule has 0 spiro atoms. The summed E-state index contributed by atoms with van der Waals surface area (Å²) in [5.74, 6) is 0. The standard InChI is InChI=1S/C10H24N2O2/c1-4-12(6-7-14-5-2)8-10(3,11)9-13/h13H,4-9,11H2,1-3H3. The van der Waals surface area contributed by atoms with Crippen LogP contribution in [0.3, 0.4) is 0 Å². The number of nitrogens with zero attached hydrogens (tertiary/aromatic N) is 1. The maximum absolute atomic E-state index is 9.03. The molecule has 14 heavy (non-hydrogen) atoms. The van der Waals surface area contributed by atoms with Crippen LogP contribution < -0.4 is 5.73 Å². The second-order valence-electron chi connectivity index (χ2n) is 3.88. The van der Waals surface area contributed by atoms with Crippen LogP contribution in [-0.4, -0.2) is 55.0 Å². The van der Waals surface area contributed by atoms with Crippen LogP contribution in [0.4, 0.5) is 0 Å². The number of ether oxygens (including phenoxy) is 1. The summed E-state index contributed by atoms with van der Waals surface area (Å²) in [5, 5.41) is 9.03. The van der Waals surface area contributed by atoms with Crippen molar-refractivity contribution in [2.24, 2.45) is 5.73 Å². The molecule has 0 aromatic rings. The molecule has 0 amide bonds. The molecule has 86 valence electrons. The van der Waals surface area contributed by atoms with E-state index in [1.807, 2.05) is 13.8 Å². The first-order valence-corrected chi connectivity index (χ1v) is 5.25. The second kappa shape index (κ2) is 7.17. The average molecular weight is 204 g/mol. The smallest absolute Gasteiger partial charge is 0.0621 e. The fourth-order valence-corrected chi connectivity index (χ4v) is 1.25. The van der Waals surface area contributed by atoms with Gasteiger partial charge in [0.15, 0.2) is 0 Å². The minimum atomic E-state index is -0.512. The molecule has 4 nitrogen and oxygen atoms in total. The van der Waals surface area contributed by atoms with Crippen LogP contribution in [0.2, 0.25) is 0 Å². The summed E-state index contributed by atoms with van der Waals surface area (Å²) in [6.45, 7) is 9.91. The average Bonchev–Trinajstić information content (AvgIpc) is 2.16. The van der Waals surface area contributed by atoms with Gasteiger partial charge in [-0.15, -0.1) is 0 Å². The van der Waals surface area contributed by atoms with Crippen LogP contribution in [0.25, 0.3) is 0 Å². The highest BCUT2D eigenvalue weighted by atomic mass is 16.5. The molecule has 0 aromatic carbocycles. The monoisotopic (exact) mass is 204 g/mol. The third-order valence-corrected chi connectivity index (χ3v) is 2.15. The van der Waals surface area contributed by atoms with Crippen molar-refractivity contribution in [2.75, 3.05) is 39.5 Å². The van der Waals surface area contributed by atoms with Crippen molar-refractivity contribution in [3.8, 4) is 0 Å². The molecule has 1 unspecified atom stereocenters. The van der Waals surface area contributed by atoms with Crippen molar-refractivity contribution in [2.45, 2.75) is 26.3 Å². The highest BCUT2D eigenvalue weighted by Crippen LogP contribution is 2.01. The number of rotatable bonds is 8. The minimum Gasteiger partial charge on any atom is -0.394 e. The maximum atomic E-state index is 9.03. The molecule has 0 bridgehead atoms. The third-order valence-electron chi connectivity index (χ3n) is 2.15. The Morgan fingerprint density at radius 3 is 2.50 bits per heavy atom. The van der Waals surface area contributed by atoms with E-state index in [2.05, 4.69) is 11.8 Å². The zero-order valence-corrected chi connectivity index (χ0v) is 9.62. The summed E-state index contributed by atoms with van der Waals surface area (Å²) in [6.07, 6.45) is 0. The number of aliphatic hydroxyl groups excluding tert-OH is 1. The van der Waals surface area contributed by atoms with Crippen molar-refractivity contribution < 1.29 is 9.84 Å². The second-order valence-corrected chi connectivity index (χ2v) is 3.88. The molecule has 0 heterocycles. The Bertz CT molecular complexity index is 140. The van der Waals surface area contributed by atoms with Gasteiger partial charge in [-0.25, -0.2) is 0 Å². The van der Waals surface area contributed by atoms with E-state index < -0.39 is 5.54 Å². The molecule has 0 saturated heterocycles. The predicted molar refractivity (Wildman–Crippen MR) is 58.3 cm³/mol. The summed E-state index contributed by atoms with van der Waals surface area (Å²) in [5.41, 5.74) is 5.35. The van der Waals surface area contributed by atoms with Gasteiger partial charge in [-0.2, -0.15) is 0 Å². The lowest BCUT2D eigenvalue weighted by Gasteiger charge is -2.30. The number of hydrogen-bond acceptors (Lipinski definition) is 4. The Hall–Kier alpha value is -0.160. The molecule has 0 aliphatic heterocycles. The summed E-state index contributed by atoms with van der Waals surface area (Å²) >= 11 is 0. The Morgan fingerprint density at radius 1 is 1.43 bits per heavy atom. The van der Waals surface area contributed by atoms with Crippen molar-refractivity contribution in [3.63, 3.8) is 0 Å². The number of hydrogen-bond donors (Lipinski definition) is 2. The fourth-order valence-electron chi connectivity index (χ4n) is 1.25. The number of aliphatic hydroxyl groups is 1. The molecule has 0 aromatic heterocycles. The SMILES string of the molecule is CCOCCN(CC)CC(C)(N)CO. The molecule has 1 atom stereocenters. The first kappa shape index (κ1) is 13.8. The lowest BCUT2D eigenvalue weighted by molar-refractivity contribution is 0.0949. The number of nitrogens with two attached hydrogens (primary N) is 1. The number of likely N-dealkylation sites (N-methyl/N-ethyl adjacent to an activating group) is 1. The molecule has 0 rings (SSSR count). The summed E-state index contributed by atoms with van der Waals surface area (Å²) in [6, 6.07) is 0. The summed E-state index contributed by atoms with van der Waals surface area (Å²) in [4.78, 5) is 2.19. The van der Waals surface area contributed by atoms with E-state index in [0.29, 0.717) is 6.54 Å². The largest absolute Gasteiger partial charge is 0.394 e. The van der Waals surface area contributed by atoms with Crippen LogP contribution in [-0.2, 0) is 4.74 Å². The quantitative estimate of drug-likeness (QED) is 0.549. The highest BCUT2D eigenvalue weighted by Gasteiger charge is 2.20. The van der Waals surface area contributed by atoms with E-state index in [1.54, 1.807) is 0 Å². The van der Waals surface area contributed by atoms with Gasteiger partial charge >= 0.3 is 0 Å². The third kappa shape index (κ3) is 6.32.